The van der Waals surface area contributed by atoms with E-state index >= 15 is 0 Å². The van der Waals surface area contributed by atoms with Crippen LogP contribution in [0.15, 0.2) is 24.3 Å². The molecule has 1 N–H and O–H groups in total. The standard InChI is InChI=1S/C17H16ClFN4OS/c1-24-13-4-2-3-12(19)14(13)15-11(18)9-10-16(21-15)22-25-17(10)23-7-5-20-6-8-23/h2-4,9,20H,5-8H2,1H3. The molecule has 0 atom stereocenters. The van der Waals surface area contributed by atoms with Crippen molar-refractivity contribution >= 4 is 39.2 Å². The number of fused-ring (bicyclic) bond motifs is 1. The van der Waals surface area contributed by atoms with Gasteiger partial charge >= 0.3 is 0 Å². The van der Waals surface area contributed by atoms with Crippen molar-refractivity contribution in [1.29, 1.82) is 0 Å². The molecule has 1 aliphatic heterocycles. The van der Waals surface area contributed by atoms with Crippen LogP contribution < -0.4 is 15.0 Å². The van der Waals surface area contributed by atoms with Gasteiger partial charge in [-0.15, -0.1) is 0 Å². The summed E-state index contributed by atoms with van der Waals surface area (Å²) in [6.45, 7) is 3.70. The smallest absolute Gasteiger partial charge is 0.175 e. The fourth-order valence-electron chi connectivity index (χ4n) is 3.02. The molecule has 3 heterocycles. The van der Waals surface area contributed by atoms with E-state index in [9.17, 15) is 4.39 Å². The summed E-state index contributed by atoms with van der Waals surface area (Å²) in [4.78, 5) is 6.81. The van der Waals surface area contributed by atoms with E-state index in [0.29, 0.717) is 22.1 Å². The maximum Gasteiger partial charge on any atom is 0.175 e. The summed E-state index contributed by atoms with van der Waals surface area (Å²) in [6.07, 6.45) is 0. The molecule has 1 aromatic carbocycles. The number of anilines is 1. The topological polar surface area (TPSA) is 50.3 Å². The molecule has 2 aromatic heterocycles. The first kappa shape index (κ1) is 16.5. The number of ether oxygens (including phenoxy) is 1. The highest BCUT2D eigenvalue weighted by Gasteiger charge is 2.21. The van der Waals surface area contributed by atoms with Crippen molar-refractivity contribution in [2.24, 2.45) is 0 Å². The van der Waals surface area contributed by atoms with E-state index in [4.69, 9.17) is 16.3 Å². The summed E-state index contributed by atoms with van der Waals surface area (Å²) in [5.74, 6) is -0.0306. The van der Waals surface area contributed by atoms with Gasteiger partial charge in [0, 0.05) is 26.2 Å². The van der Waals surface area contributed by atoms with Crippen LogP contribution >= 0.6 is 23.1 Å². The first-order chi connectivity index (χ1) is 12.2. The van der Waals surface area contributed by atoms with Gasteiger partial charge in [-0.3, -0.25) is 0 Å². The lowest BCUT2D eigenvalue weighted by atomic mass is 10.1. The SMILES string of the molecule is COc1cccc(F)c1-c1nc2nsc(N3CCNCC3)c2cc1Cl. The van der Waals surface area contributed by atoms with E-state index in [1.165, 1.54) is 24.7 Å². The average molecular weight is 379 g/mol. The van der Waals surface area contributed by atoms with Crippen LogP contribution in [-0.4, -0.2) is 42.6 Å². The van der Waals surface area contributed by atoms with Gasteiger partial charge in [0.1, 0.15) is 16.6 Å². The minimum Gasteiger partial charge on any atom is -0.496 e. The maximum absolute atomic E-state index is 14.4. The second-order valence-corrected chi connectivity index (χ2v) is 6.89. The molecule has 130 valence electrons. The van der Waals surface area contributed by atoms with Gasteiger partial charge in [0.25, 0.3) is 0 Å². The first-order valence-corrected chi connectivity index (χ1v) is 9.08. The Morgan fingerprint density at radius 3 is 2.88 bits per heavy atom. The Labute approximate surface area is 153 Å². The Kier molecular flexibility index (Phi) is 4.45. The summed E-state index contributed by atoms with van der Waals surface area (Å²) >= 11 is 7.87. The number of nitrogens with one attached hydrogen (secondary N) is 1. The first-order valence-electron chi connectivity index (χ1n) is 7.93. The predicted molar refractivity (Wildman–Crippen MR) is 99.5 cm³/mol. The van der Waals surface area contributed by atoms with Gasteiger partial charge < -0.3 is 15.0 Å². The van der Waals surface area contributed by atoms with Crippen LogP contribution in [0.2, 0.25) is 5.02 Å². The number of pyridine rings is 1. The quantitative estimate of drug-likeness (QED) is 0.755. The van der Waals surface area contributed by atoms with Crippen LogP contribution in [0.4, 0.5) is 9.39 Å². The lowest BCUT2D eigenvalue weighted by Gasteiger charge is -2.27. The van der Waals surface area contributed by atoms with Crippen LogP contribution in [-0.2, 0) is 0 Å². The molecule has 1 aliphatic rings. The predicted octanol–water partition coefficient (Wildman–Crippen LogP) is 3.57. The number of benzene rings is 1. The van der Waals surface area contributed by atoms with Crippen molar-refractivity contribution in [2.45, 2.75) is 0 Å². The van der Waals surface area contributed by atoms with Gasteiger partial charge in [-0.1, -0.05) is 17.7 Å². The second kappa shape index (κ2) is 6.74. The van der Waals surface area contributed by atoms with Crippen molar-refractivity contribution in [3.05, 3.63) is 35.1 Å². The molecule has 0 saturated carbocycles. The molecule has 25 heavy (non-hydrogen) atoms. The number of nitrogens with zero attached hydrogens (tertiary/aromatic N) is 3. The molecule has 0 aliphatic carbocycles. The van der Waals surface area contributed by atoms with Crippen molar-refractivity contribution < 1.29 is 9.13 Å². The number of halogens is 2. The number of piperazine rings is 1. The molecule has 0 radical (unpaired) electrons. The summed E-state index contributed by atoms with van der Waals surface area (Å²) in [5, 5.41) is 5.67. The van der Waals surface area contributed by atoms with Gasteiger partial charge in [-0.2, -0.15) is 4.37 Å². The number of methoxy groups -OCH3 is 1. The Morgan fingerprint density at radius 2 is 2.12 bits per heavy atom. The fourth-order valence-corrected chi connectivity index (χ4v) is 4.12. The Bertz CT molecular complexity index is 926. The van der Waals surface area contributed by atoms with Crippen molar-refractivity contribution in [1.82, 2.24) is 14.7 Å². The highest BCUT2D eigenvalue weighted by atomic mass is 35.5. The van der Waals surface area contributed by atoms with E-state index < -0.39 is 5.82 Å². The largest absolute Gasteiger partial charge is 0.496 e. The number of rotatable bonds is 3. The highest BCUT2D eigenvalue weighted by molar-refractivity contribution is 7.11. The molecule has 5 nitrogen and oxygen atoms in total. The van der Waals surface area contributed by atoms with Gasteiger partial charge in [-0.05, 0) is 29.7 Å². The number of hydrogen-bond acceptors (Lipinski definition) is 6. The summed E-state index contributed by atoms with van der Waals surface area (Å²) in [6, 6.07) is 6.47. The molecule has 1 fully saturated rings. The van der Waals surface area contributed by atoms with Crippen LogP contribution in [0.5, 0.6) is 5.75 Å². The minimum atomic E-state index is -0.425. The zero-order valence-corrected chi connectivity index (χ0v) is 15.1. The van der Waals surface area contributed by atoms with E-state index in [-0.39, 0.29) is 5.56 Å². The molecule has 0 unspecified atom stereocenters. The van der Waals surface area contributed by atoms with Crippen molar-refractivity contribution in [3.63, 3.8) is 0 Å². The number of hydrogen-bond donors (Lipinski definition) is 1. The third-order valence-electron chi connectivity index (χ3n) is 4.24. The number of aromatic nitrogens is 2. The van der Waals surface area contributed by atoms with Crippen LogP contribution in [0.1, 0.15) is 0 Å². The average Bonchev–Trinajstić information content (AvgIpc) is 3.04. The Balaban J connectivity index is 1.84. The fraction of sp³-hybridized carbons (Fsp3) is 0.294. The Morgan fingerprint density at radius 1 is 1.32 bits per heavy atom. The van der Waals surface area contributed by atoms with Gasteiger partial charge in [0.05, 0.1) is 28.8 Å². The molecule has 0 bridgehead atoms. The van der Waals surface area contributed by atoms with Crippen molar-refractivity contribution in [2.75, 3.05) is 38.2 Å². The molecule has 0 amide bonds. The summed E-state index contributed by atoms with van der Waals surface area (Å²) in [5.41, 5.74) is 1.18. The van der Waals surface area contributed by atoms with Crippen molar-refractivity contribution in [3.8, 4) is 17.0 Å². The molecule has 1 saturated heterocycles. The zero-order chi connectivity index (χ0) is 17.4. The lowest BCUT2D eigenvalue weighted by Crippen LogP contribution is -2.43. The summed E-state index contributed by atoms with van der Waals surface area (Å²) in [7, 11) is 1.50. The molecular weight excluding hydrogens is 363 g/mol. The highest BCUT2D eigenvalue weighted by Crippen LogP contribution is 2.39. The van der Waals surface area contributed by atoms with E-state index in [1.54, 1.807) is 12.1 Å². The van der Waals surface area contributed by atoms with E-state index in [1.807, 2.05) is 6.07 Å². The second-order valence-electron chi connectivity index (χ2n) is 5.73. The third kappa shape index (κ3) is 2.92. The monoisotopic (exact) mass is 378 g/mol. The van der Waals surface area contributed by atoms with Gasteiger partial charge in [-0.25, -0.2) is 9.37 Å². The van der Waals surface area contributed by atoms with Gasteiger partial charge in [0.2, 0.25) is 0 Å². The van der Waals surface area contributed by atoms with Crippen LogP contribution in [0.3, 0.4) is 0 Å². The molecule has 4 rings (SSSR count). The van der Waals surface area contributed by atoms with Gasteiger partial charge in [0.15, 0.2) is 5.65 Å². The maximum atomic E-state index is 14.4. The minimum absolute atomic E-state index is 0.258. The van der Waals surface area contributed by atoms with Crippen LogP contribution in [0, 0.1) is 5.82 Å². The zero-order valence-electron chi connectivity index (χ0n) is 13.6. The molecule has 8 heteroatoms. The van der Waals surface area contributed by atoms with Crippen LogP contribution in [0.25, 0.3) is 22.3 Å². The van der Waals surface area contributed by atoms with E-state index in [0.717, 1.165) is 36.6 Å². The molecule has 0 spiro atoms. The van der Waals surface area contributed by atoms with E-state index in [2.05, 4.69) is 19.6 Å². The summed E-state index contributed by atoms with van der Waals surface area (Å²) < 4.78 is 24.1. The lowest BCUT2D eigenvalue weighted by molar-refractivity contribution is 0.413. The Hall–Kier alpha value is -1.96. The normalized spacial score (nSPS) is 14.9. The molecule has 3 aromatic rings. The third-order valence-corrected chi connectivity index (χ3v) is 5.44. The molecular formula is C17H16ClFN4OS.